The maximum atomic E-state index is 5.35. The number of nitrogens with zero attached hydrogens (tertiary/aromatic N) is 1. The molecule has 0 fully saturated rings. The first kappa shape index (κ1) is 16.7. The Kier molecular flexibility index (Phi) is 6.87. The van der Waals surface area contributed by atoms with Crippen molar-refractivity contribution >= 4 is 32.1 Å². The number of aromatic nitrogens is 1. The first-order valence-electron chi connectivity index (χ1n) is 6.80. The predicted molar refractivity (Wildman–Crippen MR) is 92.1 cm³/mol. The van der Waals surface area contributed by atoms with E-state index in [0.717, 1.165) is 17.0 Å². The van der Waals surface area contributed by atoms with Crippen molar-refractivity contribution < 1.29 is 9.36 Å². The summed E-state index contributed by atoms with van der Waals surface area (Å²) < 4.78 is 10.3. The number of pyridine rings is 1. The van der Waals surface area contributed by atoms with Gasteiger partial charge in [0.05, 0.1) is 17.7 Å². The van der Waals surface area contributed by atoms with Crippen LogP contribution >= 0.6 is 21.2 Å². The molecule has 0 saturated carbocycles. The second-order valence-corrected chi connectivity index (χ2v) is 6.10. The maximum Gasteiger partial charge on any atom is 0.0727 e. The van der Waals surface area contributed by atoms with Gasteiger partial charge < -0.3 is 4.74 Å². The fourth-order valence-electron chi connectivity index (χ4n) is 2.02. The van der Waals surface area contributed by atoms with Crippen LogP contribution in [0, 0.1) is 0 Å². The third-order valence-electron chi connectivity index (χ3n) is 3.37. The van der Waals surface area contributed by atoms with E-state index in [1.807, 2.05) is 43.1 Å². The van der Waals surface area contributed by atoms with Crippen molar-refractivity contribution in [1.82, 2.24) is 10.5 Å². The highest BCUT2D eigenvalue weighted by Gasteiger charge is 2.16. The summed E-state index contributed by atoms with van der Waals surface area (Å²) in [4.78, 5) is 4.48. The molecule has 0 aliphatic rings. The zero-order valence-electron chi connectivity index (χ0n) is 12.3. The molecule has 2 rings (SSSR count). The van der Waals surface area contributed by atoms with Crippen LogP contribution in [0.1, 0.15) is 12.5 Å². The van der Waals surface area contributed by atoms with Crippen molar-refractivity contribution in [2.75, 3.05) is 12.9 Å². The van der Waals surface area contributed by atoms with E-state index in [0.29, 0.717) is 0 Å². The van der Waals surface area contributed by atoms with E-state index in [2.05, 4.69) is 32.1 Å². The molecule has 0 spiro atoms. The molecular weight excluding hydrogens is 303 g/mol. The molecule has 114 valence electrons. The van der Waals surface area contributed by atoms with Gasteiger partial charge in [-0.3, -0.25) is 9.61 Å². The molecule has 3 atom stereocenters. The van der Waals surface area contributed by atoms with Crippen molar-refractivity contribution in [3.05, 3.63) is 42.1 Å². The minimum Gasteiger partial charge on any atom is -0.380 e. The number of fused-ring (bicyclic) bond motifs is 1. The van der Waals surface area contributed by atoms with Crippen LogP contribution in [-0.4, -0.2) is 30.0 Å². The number of methoxy groups -OCH3 is 1. The molecule has 1 aromatic carbocycles. The summed E-state index contributed by atoms with van der Waals surface area (Å²) in [5, 5.41) is 1.18. The second-order valence-electron chi connectivity index (χ2n) is 4.83. The zero-order valence-corrected chi connectivity index (χ0v) is 14.3. The Hall–Kier alpha value is -0.710. The molecule has 1 heterocycles. The Labute approximate surface area is 132 Å². The van der Waals surface area contributed by atoms with Crippen LogP contribution in [0.4, 0.5) is 0 Å². The molecule has 4 nitrogen and oxygen atoms in total. The molecule has 0 amide bonds. The van der Waals surface area contributed by atoms with Crippen LogP contribution in [0.3, 0.4) is 0 Å². The number of hydroxylamine groups is 1. The predicted octanol–water partition coefficient (Wildman–Crippen LogP) is 3.18. The minimum absolute atomic E-state index is 0.0905. The van der Waals surface area contributed by atoms with E-state index in [9.17, 15) is 0 Å². The number of ether oxygens (including phenoxy) is 1. The monoisotopic (exact) mass is 324 g/mol. The lowest BCUT2D eigenvalue weighted by Gasteiger charge is -2.22. The summed E-state index contributed by atoms with van der Waals surface area (Å²) in [6.07, 6.45) is 2.04. The van der Waals surface area contributed by atoms with Gasteiger partial charge in [-0.15, -0.1) is 0 Å². The molecule has 3 unspecified atom stereocenters. The summed E-state index contributed by atoms with van der Waals surface area (Å²) in [5.74, 6) is 1.82. The van der Waals surface area contributed by atoms with Crippen molar-refractivity contribution in [3.8, 4) is 0 Å². The van der Waals surface area contributed by atoms with Gasteiger partial charge in [0.25, 0.3) is 0 Å². The lowest BCUT2D eigenvalue weighted by Crippen LogP contribution is -2.39. The average molecular weight is 324 g/mol. The molecule has 0 aliphatic heterocycles. The van der Waals surface area contributed by atoms with Crippen LogP contribution in [-0.2, 0) is 15.1 Å². The number of rotatable bonds is 8. The van der Waals surface area contributed by atoms with Crippen LogP contribution in [0.25, 0.3) is 10.9 Å². The molecule has 2 aromatic rings. The highest BCUT2D eigenvalue weighted by atomic mass is 32.2. The van der Waals surface area contributed by atoms with Crippen molar-refractivity contribution in [2.45, 2.75) is 24.8 Å². The maximum absolute atomic E-state index is 5.35. The second kappa shape index (κ2) is 8.66. The Morgan fingerprint density at radius 3 is 2.95 bits per heavy atom. The first-order valence-corrected chi connectivity index (χ1v) is 8.42. The van der Waals surface area contributed by atoms with E-state index < -0.39 is 0 Å². The van der Waals surface area contributed by atoms with E-state index in [1.165, 1.54) is 10.9 Å². The largest absolute Gasteiger partial charge is 0.380 e. The number of thioether (sulfide) groups is 1. The third kappa shape index (κ3) is 4.90. The summed E-state index contributed by atoms with van der Waals surface area (Å²) in [6.45, 7) is 2.03. The quantitative estimate of drug-likeness (QED) is 0.597. The fraction of sp³-hybridized carbons (Fsp3) is 0.400. The molecule has 0 saturated heterocycles. The van der Waals surface area contributed by atoms with Crippen LogP contribution < -0.4 is 5.48 Å². The number of benzene rings is 1. The number of para-hydroxylation sites is 1. The summed E-state index contributed by atoms with van der Waals surface area (Å²) in [5.41, 5.74) is 5.22. The van der Waals surface area contributed by atoms with Gasteiger partial charge in [0.15, 0.2) is 0 Å². The van der Waals surface area contributed by atoms with Crippen molar-refractivity contribution in [1.29, 1.82) is 0 Å². The third-order valence-corrected chi connectivity index (χ3v) is 4.64. The molecule has 1 aromatic heterocycles. The number of hydrogen-bond donors (Lipinski definition) is 1. The van der Waals surface area contributed by atoms with Crippen LogP contribution in [0.2, 0.25) is 0 Å². The Bertz CT molecular complexity index is 570. The highest BCUT2D eigenvalue weighted by molar-refractivity contribution is 7.98. The molecular formula is C15H21N2O2PS. The van der Waals surface area contributed by atoms with Crippen molar-refractivity contribution in [3.63, 3.8) is 0 Å². The van der Waals surface area contributed by atoms with Gasteiger partial charge in [-0.05, 0) is 24.6 Å². The number of nitrogens with one attached hydrogen (secondary N) is 1. The summed E-state index contributed by atoms with van der Waals surface area (Å²) in [6, 6.07) is 10.5. The van der Waals surface area contributed by atoms with Gasteiger partial charge in [0.2, 0.25) is 0 Å². The lowest BCUT2D eigenvalue weighted by molar-refractivity contribution is 0.0499. The topological polar surface area (TPSA) is 43.4 Å². The van der Waals surface area contributed by atoms with Crippen molar-refractivity contribution in [2.24, 2.45) is 0 Å². The zero-order chi connectivity index (χ0) is 15.1. The van der Waals surface area contributed by atoms with Crippen LogP contribution in [0.15, 0.2) is 36.5 Å². The smallest absolute Gasteiger partial charge is 0.0727 e. The standard InChI is InChI=1S/C15H21N2O2PS/c1-11(18-2)15(17-19-20)10-21-9-12-7-13-5-3-4-6-14(13)16-8-12/h3-8,11,15,17H,9-10,20H2,1-2H3. The molecule has 6 heteroatoms. The summed E-state index contributed by atoms with van der Waals surface area (Å²) >= 11 is 1.83. The molecule has 21 heavy (non-hydrogen) atoms. The Morgan fingerprint density at radius 2 is 2.19 bits per heavy atom. The Balaban J connectivity index is 1.91. The van der Waals surface area contributed by atoms with Gasteiger partial charge in [-0.2, -0.15) is 17.2 Å². The fourth-order valence-corrected chi connectivity index (χ4v) is 3.30. The summed E-state index contributed by atoms with van der Waals surface area (Å²) in [7, 11) is 3.92. The lowest BCUT2D eigenvalue weighted by atomic mass is 10.2. The molecule has 0 radical (unpaired) electrons. The molecule has 1 N–H and O–H groups in total. The van der Waals surface area contributed by atoms with E-state index >= 15 is 0 Å². The minimum atomic E-state index is 0.0905. The number of hydrogen-bond acceptors (Lipinski definition) is 5. The van der Waals surface area contributed by atoms with Gasteiger partial charge in [0.1, 0.15) is 0 Å². The normalized spacial score (nSPS) is 14.2. The van der Waals surface area contributed by atoms with E-state index in [1.54, 1.807) is 7.11 Å². The van der Waals surface area contributed by atoms with Gasteiger partial charge in [-0.25, -0.2) is 0 Å². The Morgan fingerprint density at radius 1 is 1.38 bits per heavy atom. The first-order chi connectivity index (χ1) is 10.2. The van der Waals surface area contributed by atoms with Gasteiger partial charge >= 0.3 is 0 Å². The van der Waals surface area contributed by atoms with Gasteiger partial charge in [0, 0.05) is 39.7 Å². The van der Waals surface area contributed by atoms with Crippen LogP contribution in [0.5, 0.6) is 0 Å². The highest BCUT2D eigenvalue weighted by Crippen LogP contribution is 2.18. The van der Waals surface area contributed by atoms with E-state index in [-0.39, 0.29) is 12.1 Å². The van der Waals surface area contributed by atoms with E-state index in [4.69, 9.17) is 9.36 Å². The van der Waals surface area contributed by atoms with Gasteiger partial charge in [-0.1, -0.05) is 18.2 Å². The SMILES string of the molecule is COC(C)C(CSCc1cnc2ccccc2c1)NOP. The molecule has 0 aliphatic carbocycles. The molecule has 0 bridgehead atoms. The average Bonchev–Trinajstić information content (AvgIpc) is 2.53.